The van der Waals surface area contributed by atoms with Gasteiger partial charge in [0, 0.05) is 12.5 Å². The topological polar surface area (TPSA) is 69.4 Å². The van der Waals surface area contributed by atoms with Crippen LogP contribution in [0.25, 0.3) is 11.1 Å². The number of carbonyl (C=O) groups is 2. The summed E-state index contributed by atoms with van der Waals surface area (Å²) in [5.41, 5.74) is 1.67. The molecule has 0 spiro atoms. The average Bonchev–Trinajstić information content (AvgIpc) is 2.68. The summed E-state index contributed by atoms with van der Waals surface area (Å²) < 4.78 is 10.0. The van der Waals surface area contributed by atoms with E-state index in [4.69, 9.17) is 9.15 Å². The van der Waals surface area contributed by atoms with Crippen molar-refractivity contribution in [3.05, 3.63) is 29.7 Å². The van der Waals surface area contributed by atoms with Crippen LogP contribution in [0.3, 0.4) is 0 Å². The summed E-state index contributed by atoms with van der Waals surface area (Å²) in [6.07, 6.45) is -0.254. The normalized spacial score (nSPS) is 10.6. The van der Waals surface area contributed by atoms with Crippen molar-refractivity contribution in [2.24, 2.45) is 0 Å². The molecule has 1 aromatic carbocycles. The zero-order valence-electron chi connectivity index (χ0n) is 10.2. The molecule has 1 heterocycles. The molecule has 18 heavy (non-hydrogen) atoms. The van der Waals surface area contributed by atoms with Gasteiger partial charge in [0.1, 0.15) is 11.9 Å². The van der Waals surface area contributed by atoms with Gasteiger partial charge in [0.2, 0.25) is 0 Å². The Balaban J connectivity index is 2.20. The van der Waals surface area contributed by atoms with Crippen molar-refractivity contribution in [2.45, 2.75) is 20.3 Å². The van der Waals surface area contributed by atoms with Crippen LogP contribution in [0.15, 0.2) is 22.6 Å². The van der Waals surface area contributed by atoms with Crippen LogP contribution in [0.4, 0.5) is 0 Å². The lowest BCUT2D eigenvalue weighted by Gasteiger charge is -2.01. The number of rotatable bonds is 4. The van der Waals surface area contributed by atoms with Crippen LogP contribution in [0.1, 0.15) is 29.6 Å². The van der Waals surface area contributed by atoms with Crippen molar-refractivity contribution in [1.82, 2.24) is 4.98 Å². The second kappa shape index (κ2) is 5.00. The van der Waals surface area contributed by atoms with E-state index in [-0.39, 0.29) is 18.8 Å². The molecule has 0 radical (unpaired) electrons. The largest absolute Gasteiger partial charge is 0.466 e. The van der Waals surface area contributed by atoms with Crippen LogP contribution in [0.5, 0.6) is 0 Å². The van der Waals surface area contributed by atoms with Crippen LogP contribution in [-0.2, 0) is 9.53 Å². The molecule has 0 bridgehead atoms. The number of fused-ring (bicyclic) bond motifs is 1. The third-order valence-electron chi connectivity index (χ3n) is 2.43. The van der Waals surface area contributed by atoms with Gasteiger partial charge in [0.15, 0.2) is 17.3 Å². The fourth-order valence-corrected chi connectivity index (χ4v) is 1.66. The van der Waals surface area contributed by atoms with Crippen LogP contribution in [0.2, 0.25) is 0 Å². The molecule has 5 heteroatoms. The second-order valence-electron chi connectivity index (χ2n) is 3.82. The fraction of sp³-hybridized carbons (Fsp3) is 0.308. The zero-order valence-corrected chi connectivity index (χ0v) is 10.2. The van der Waals surface area contributed by atoms with E-state index in [1.54, 1.807) is 32.0 Å². The molecule has 2 aromatic rings. The van der Waals surface area contributed by atoms with Crippen LogP contribution in [-0.4, -0.2) is 23.3 Å². The first kappa shape index (κ1) is 12.3. The van der Waals surface area contributed by atoms with Crippen LogP contribution >= 0.6 is 0 Å². The van der Waals surface area contributed by atoms with E-state index in [0.29, 0.717) is 22.6 Å². The number of esters is 1. The molecule has 0 aliphatic heterocycles. The van der Waals surface area contributed by atoms with Gasteiger partial charge < -0.3 is 9.15 Å². The molecule has 0 saturated carbocycles. The molecule has 0 saturated heterocycles. The van der Waals surface area contributed by atoms with Gasteiger partial charge in [-0.05, 0) is 25.1 Å². The van der Waals surface area contributed by atoms with E-state index >= 15 is 0 Å². The molecule has 5 nitrogen and oxygen atoms in total. The molecule has 0 amide bonds. The van der Waals surface area contributed by atoms with Crippen molar-refractivity contribution >= 4 is 22.9 Å². The minimum Gasteiger partial charge on any atom is -0.466 e. The van der Waals surface area contributed by atoms with Gasteiger partial charge in [0.25, 0.3) is 0 Å². The molecule has 1 aromatic heterocycles. The minimum atomic E-state index is -0.515. The highest BCUT2D eigenvalue weighted by Gasteiger charge is 2.14. The Hall–Kier alpha value is -2.17. The third kappa shape index (κ3) is 2.56. The average molecular weight is 247 g/mol. The molecule has 0 fully saturated rings. The molecule has 2 rings (SSSR count). The summed E-state index contributed by atoms with van der Waals surface area (Å²) in [6, 6.07) is 4.91. The highest BCUT2D eigenvalue weighted by Crippen LogP contribution is 2.17. The van der Waals surface area contributed by atoms with Gasteiger partial charge in [-0.15, -0.1) is 0 Å². The summed E-state index contributed by atoms with van der Waals surface area (Å²) in [6.45, 7) is 3.71. The van der Waals surface area contributed by atoms with Gasteiger partial charge in [-0.1, -0.05) is 0 Å². The van der Waals surface area contributed by atoms with Crippen molar-refractivity contribution in [2.75, 3.05) is 6.61 Å². The summed E-state index contributed by atoms with van der Waals surface area (Å²) in [4.78, 5) is 27.2. The summed E-state index contributed by atoms with van der Waals surface area (Å²) >= 11 is 0. The van der Waals surface area contributed by atoms with Crippen LogP contribution < -0.4 is 0 Å². The number of oxazole rings is 1. The van der Waals surface area contributed by atoms with Crippen molar-refractivity contribution in [1.29, 1.82) is 0 Å². The van der Waals surface area contributed by atoms with E-state index in [9.17, 15) is 9.59 Å². The van der Waals surface area contributed by atoms with Crippen molar-refractivity contribution < 1.29 is 18.7 Å². The van der Waals surface area contributed by atoms with Gasteiger partial charge in [0.05, 0.1) is 6.61 Å². The lowest BCUT2D eigenvalue weighted by Crippen LogP contribution is -2.11. The smallest absolute Gasteiger partial charge is 0.313 e. The quantitative estimate of drug-likeness (QED) is 0.471. The molecule has 0 atom stereocenters. The molecule has 0 aliphatic rings. The van der Waals surface area contributed by atoms with Gasteiger partial charge >= 0.3 is 5.97 Å². The summed E-state index contributed by atoms with van der Waals surface area (Å²) in [5.74, 6) is -0.255. The molecular weight excluding hydrogens is 234 g/mol. The van der Waals surface area contributed by atoms with E-state index in [2.05, 4.69) is 4.98 Å². The maximum absolute atomic E-state index is 11.8. The number of aryl methyl sites for hydroxylation is 1. The highest BCUT2D eigenvalue weighted by molar-refractivity contribution is 6.07. The van der Waals surface area contributed by atoms with Gasteiger partial charge in [-0.3, -0.25) is 9.59 Å². The Morgan fingerprint density at radius 1 is 1.39 bits per heavy atom. The number of nitrogens with zero attached hydrogens (tertiary/aromatic N) is 1. The summed E-state index contributed by atoms with van der Waals surface area (Å²) in [7, 11) is 0. The number of hydrogen-bond acceptors (Lipinski definition) is 5. The molecule has 94 valence electrons. The van der Waals surface area contributed by atoms with Crippen LogP contribution in [0, 0.1) is 6.92 Å². The number of benzene rings is 1. The lowest BCUT2D eigenvalue weighted by atomic mass is 10.1. The Morgan fingerprint density at radius 3 is 2.89 bits per heavy atom. The Labute approximate surface area is 104 Å². The Kier molecular flexibility index (Phi) is 3.41. The maximum Gasteiger partial charge on any atom is 0.313 e. The van der Waals surface area contributed by atoms with Crippen molar-refractivity contribution in [3.8, 4) is 0 Å². The molecule has 0 unspecified atom stereocenters. The Bertz CT molecular complexity index is 600. The highest BCUT2D eigenvalue weighted by atomic mass is 16.5. The number of carbonyl (C=O) groups excluding carboxylic acids is 2. The van der Waals surface area contributed by atoms with E-state index in [1.165, 1.54) is 0 Å². The standard InChI is InChI=1S/C13H13NO4/c1-3-17-13(16)7-11(15)9-4-5-12-10(6-9)14-8(2)18-12/h4-6H,3,7H2,1-2H3. The number of aromatic nitrogens is 1. The predicted octanol–water partition coefficient (Wildman–Crippen LogP) is 2.27. The second-order valence-corrected chi connectivity index (χ2v) is 3.82. The molecule has 0 aliphatic carbocycles. The van der Waals surface area contributed by atoms with E-state index in [1.807, 2.05) is 0 Å². The van der Waals surface area contributed by atoms with Gasteiger partial charge in [-0.2, -0.15) is 0 Å². The van der Waals surface area contributed by atoms with E-state index in [0.717, 1.165) is 0 Å². The third-order valence-corrected chi connectivity index (χ3v) is 2.43. The first-order chi connectivity index (χ1) is 8.60. The molecular formula is C13H13NO4. The Morgan fingerprint density at radius 2 is 2.17 bits per heavy atom. The predicted molar refractivity (Wildman–Crippen MR) is 64.3 cm³/mol. The summed E-state index contributed by atoms with van der Waals surface area (Å²) in [5, 5.41) is 0. The molecule has 0 N–H and O–H groups in total. The number of ketones is 1. The lowest BCUT2D eigenvalue weighted by molar-refractivity contribution is -0.141. The first-order valence-corrected chi connectivity index (χ1v) is 5.66. The minimum absolute atomic E-state index is 0.254. The first-order valence-electron chi connectivity index (χ1n) is 5.66. The van der Waals surface area contributed by atoms with Crippen molar-refractivity contribution in [3.63, 3.8) is 0 Å². The number of Topliss-reactive ketones (excluding diaryl/α,β-unsaturated/α-hetero) is 1. The zero-order chi connectivity index (χ0) is 13.1. The number of hydrogen-bond donors (Lipinski definition) is 0. The maximum atomic E-state index is 11.8. The number of ether oxygens (including phenoxy) is 1. The van der Waals surface area contributed by atoms with E-state index < -0.39 is 5.97 Å². The SMILES string of the molecule is CCOC(=O)CC(=O)c1ccc2oc(C)nc2c1. The van der Waals surface area contributed by atoms with Gasteiger partial charge in [-0.25, -0.2) is 4.98 Å². The fourth-order valence-electron chi connectivity index (χ4n) is 1.66. The monoisotopic (exact) mass is 247 g/mol.